The van der Waals surface area contributed by atoms with E-state index in [9.17, 15) is 23.5 Å². The molecule has 2 N–H and O–H groups in total. The van der Waals surface area contributed by atoms with Crippen LogP contribution in [0, 0.1) is 11.8 Å². The van der Waals surface area contributed by atoms with Gasteiger partial charge >= 0.3 is 0 Å². The summed E-state index contributed by atoms with van der Waals surface area (Å²) in [6.07, 6.45) is 1.08. The van der Waals surface area contributed by atoms with Crippen molar-refractivity contribution in [1.82, 2.24) is 14.7 Å². The van der Waals surface area contributed by atoms with Gasteiger partial charge in [0.15, 0.2) is 4.96 Å². The predicted molar refractivity (Wildman–Crippen MR) is 130 cm³/mol. The van der Waals surface area contributed by atoms with Gasteiger partial charge in [-0.05, 0) is 32.0 Å². The highest BCUT2D eigenvalue weighted by atomic mass is 32.1. The van der Waals surface area contributed by atoms with Gasteiger partial charge in [-0.3, -0.25) is 14.0 Å². The maximum Gasteiger partial charge on any atom is 0.272 e. The van der Waals surface area contributed by atoms with E-state index in [1.165, 1.54) is 22.4 Å². The number of likely N-dealkylation sites (N-methyl/N-ethyl adjacent to an activating group) is 1. The van der Waals surface area contributed by atoms with Gasteiger partial charge in [0, 0.05) is 48.6 Å². The Balaban J connectivity index is 1.32. The molecule has 1 aliphatic carbocycles. The predicted octanol–water partition coefficient (Wildman–Crippen LogP) is 3.18. The van der Waals surface area contributed by atoms with Crippen LogP contribution in [0.2, 0.25) is 0 Å². The highest BCUT2D eigenvalue weighted by Crippen LogP contribution is 2.48. The van der Waals surface area contributed by atoms with E-state index in [0.29, 0.717) is 27.7 Å². The first-order valence-corrected chi connectivity index (χ1v) is 12.2. The van der Waals surface area contributed by atoms with Gasteiger partial charge in [-0.1, -0.05) is 11.8 Å². The van der Waals surface area contributed by atoms with Crippen LogP contribution in [0.3, 0.4) is 0 Å². The molecule has 0 radical (unpaired) electrons. The molecule has 1 atom stereocenters. The minimum Gasteiger partial charge on any atom is -0.489 e. The second-order valence-corrected chi connectivity index (χ2v) is 10.5. The number of rotatable bonds is 3. The Morgan fingerprint density at radius 2 is 2.11 bits per heavy atom. The molecule has 1 saturated carbocycles. The molecule has 2 aromatic heterocycles. The number of imidazole rings is 1. The van der Waals surface area contributed by atoms with Crippen molar-refractivity contribution in [1.29, 1.82) is 0 Å². The van der Waals surface area contributed by atoms with Crippen molar-refractivity contribution in [2.45, 2.75) is 50.2 Å². The van der Waals surface area contributed by atoms with Gasteiger partial charge in [0.2, 0.25) is 5.92 Å². The van der Waals surface area contributed by atoms with Crippen molar-refractivity contribution in [2.24, 2.45) is 0 Å². The minimum absolute atomic E-state index is 0.0821. The fourth-order valence-corrected chi connectivity index (χ4v) is 5.17. The first-order chi connectivity index (χ1) is 16.9. The Bertz CT molecular complexity index is 1420. The molecule has 1 aliphatic heterocycles. The van der Waals surface area contributed by atoms with E-state index >= 15 is 0 Å². The van der Waals surface area contributed by atoms with E-state index in [-0.39, 0.29) is 37.0 Å². The topological polar surface area (TPSA) is 96.2 Å². The van der Waals surface area contributed by atoms with Crippen molar-refractivity contribution < 1.29 is 28.2 Å². The number of halogens is 2. The fraction of sp³-hybridized carbons (Fsp3) is 0.400. The number of aromatic nitrogens is 2. The highest BCUT2D eigenvalue weighted by molar-refractivity contribution is 7.15. The third-order valence-corrected chi connectivity index (χ3v) is 7.01. The monoisotopic (exact) mass is 514 g/mol. The van der Waals surface area contributed by atoms with Crippen molar-refractivity contribution in [3.63, 3.8) is 0 Å². The van der Waals surface area contributed by atoms with Crippen LogP contribution in [0.5, 0.6) is 5.75 Å². The SMILES string of the molecule is CN1C(=O)[C@@H](NC(=O)c2cn3c(C4CC(F)(F)C4)csc3n2)COc2ccc(C#CC(C)(C)O)cc21. The molecule has 36 heavy (non-hydrogen) atoms. The minimum atomic E-state index is -2.65. The largest absolute Gasteiger partial charge is 0.489 e. The number of nitrogens with zero attached hydrogens (tertiary/aromatic N) is 3. The van der Waals surface area contributed by atoms with Crippen LogP contribution in [0.25, 0.3) is 4.96 Å². The van der Waals surface area contributed by atoms with Gasteiger partial charge in [0.25, 0.3) is 11.8 Å². The van der Waals surface area contributed by atoms with Crippen LogP contribution < -0.4 is 15.0 Å². The molecule has 1 aromatic carbocycles. The molecule has 2 amide bonds. The molecule has 0 bridgehead atoms. The van der Waals surface area contributed by atoms with Crippen LogP contribution in [-0.4, -0.2) is 57.5 Å². The van der Waals surface area contributed by atoms with Crippen molar-refractivity contribution >= 4 is 33.8 Å². The number of anilines is 1. The van der Waals surface area contributed by atoms with Crippen LogP contribution >= 0.6 is 11.3 Å². The Kier molecular flexibility index (Phi) is 5.76. The van der Waals surface area contributed by atoms with Gasteiger partial charge < -0.3 is 20.1 Å². The summed E-state index contributed by atoms with van der Waals surface area (Å²) in [5.74, 6) is 2.20. The summed E-state index contributed by atoms with van der Waals surface area (Å²) in [5.41, 5.74) is 0.727. The van der Waals surface area contributed by atoms with E-state index in [0.717, 1.165) is 0 Å². The zero-order valence-corrected chi connectivity index (χ0v) is 20.7. The van der Waals surface area contributed by atoms with Gasteiger partial charge in [0.1, 0.15) is 29.7 Å². The second-order valence-electron chi connectivity index (χ2n) is 9.63. The van der Waals surface area contributed by atoms with Crippen molar-refractivity contribution in [3.8, 4) is 17.6 Å². The summed E-state index contributed by atoms with van der Waals surface area (Å²) in [5, 5.41) is 14.3. The molecule has 3 heterocycles. The molecule has 3 aromatic rings. The average Bonchev–Trinajstić information content (AvgIpc) is 3.35. The number of hydrogen-bond acceptors (Lipinski definition) is 6. The van der Waals surface area contributed by atoms with Gasteiger partial charge in [0.05, 0.1) is 5.69 Å². The molecule has 8 nitrogen and oxygen atoms in total. The lowest BCUT2D eigenvalue weighted by Crippen LogP contribution is -2.49. The quantitative estimate of drug-likeness (QED) is 0.524. The van der Waals surface area contributed by atoms with Gasteiger partial charge in [-0.15, -0.1) is 11.3 Å². The normalized spacial score (nSPS) is 19.6. The van der Waals surface area contributed by atoms with E-state index in [4.69, 9.17) is 4.74 Å². The van der Waals surface area contributed by atoms with Crippen LogP contribution in [-0.2, 0) is 4.79 Å². The number of amides is 2. The number of alkyl halides is 2. The third kappa shape index (κ3) is 4.66. The van der Waals surface area contributed by atoms with E-state index < -0.39 is 23.5 Å². The number of nitrogens with one attached hydrogen (secondary N) is 1. The molecular weight excluding hydrogens is 490 g/mol. The number of thiazole rings is 1. The number of hydrogen-bond donors (Lipinski definition) is 2. The molecular formula is C25H24F2N4O4S. The molecule has 11 heteroatoms. The van der Waals surface area contributed by atoms with E-state index in [1.807, 2.05) is 0 Å². The summed E-state index contributed by atoms with van der Waals surface area (Å²) < 4.78 is 34.1. The summed E-state index contributed by atoms with van der Waals surface area (Å²) in [7, 11) is 1.58. The summed E-state index contributed by atoms with van der Waals surface area (Å²) >= 11 is 1.28. The maximum absolute atomic E-state index is 13.3. The zero-order valence-electron chi connectivity index (χ0n) is 19.8. The van der Waals surface area contributed by atoms with Crippen molar-refractivity contribution in [2.75, 3.05) is 18.6 Å². The zero-order chi connectivity index (χ0) is 25.8. The van der Waals surface area contributed by atoms with E-state index in [1.54, 1.807) is 48.9 Å². The lowest BCUT2D eigenvalue weighted by Gasteiger charge is -2.34. The Labute approximate surface area is 209 Å². The first kappa shape index (κ1) is 24.2. The molecule has 5 rings (SSSR count). The second kappa shape index (κ2) is 8.57. The van der Waals surface area contributed by atoms with Crippen molar-refractivity contribution in [3.05, 3.63) is 46.7 Å². The van der Waals surface area contributed by atoms with Gasteiger partial charge in [-0.25, -0.2) is 13.8 Å². The smallest absolute Gasteiger partial charge is 0.272 e. The third-order valence-electron chi connectivity index (χ3n) is 6.15. The van der Waals surface area contributed by atoms with Crippen LogP contribution in [0.1, 0.15) is 54.4 Å². The first-order valence-electron chi connectivity index (χ1n) is 11.4. The molecule has 188 valence electrons. The fourth-order valence-electron chi connectivity index (χ4n) is 4.21. The number of carbonyl (C=O) groups excluding carboxylic acids is 2. The number of fused-ring (bicyclic) bond motifs is 2. The van der Waals surface area contributed by atoms with Crippen LogP contribution in [0.4, 0.5) is 14.5 Å². The Hall–Kier alpha value is -3.49. The molecule has 0 spiro atoms. The number of benzene rings is 1. The maximum atomic E-state index is 13.3. The lowest BCUT2D eigenvalue weighted by atomic mass is 9.79. The Morgan fingerprint density at radius 3 is 2.81 bits per heavy atom. The molecule has 0 unspecified atom stereocenters. The van der Waals surface area contributed by atoms with E-state index in [2.05, 4.69) is 22.1 Å². The highest BCUT2D eigenvalue weighted by Gasteiger charge is 2.47. The summed E-state index contributed by atoms with van der Waals surface area (Å²) in [4.78, 5) is 32.3. The average molecular weight is 515 g/mol. The van der Waals surface area contributed by atoms with Gasteiger partial charge in [-0.2, -0.15) is 0 Å². The summed E-state index contributed by atoms with van der Waals surface area (Å²) in [6, 6.07) is 4.13. The number of aliphatic hydroxyl groups is 1. The molecule has 2 aliphatic rings. The molecule has 0 saturated heterocycles. The summed E-state index contributed by atoms with van der Waals surface area (Å²) in [6.45, 7) is 3.07. The number of carbonyl (C=O) groups is 2. The Morgan fingerprint density at radius 1 is 1.36 bits per heavy atom. The standard InChI is InChI=1S/C25H24F2N4O4S/c1-24(2,34)7-6-14-4-5-20-18(8-14)30(3)22(33)17(12-35-20)28-21(32)16-11-31-19(13-36-23(31)29-16)15-9-25(26,27)10-15/h4-5,8,11,13,15,17,34H,9-10,12H2,1-3H3,(H,28,32)/t17-/m0/s1. The molecule has 1 fully saturated rings. The van der Waals surface area contributed by atoms with Crippen LogP contribution in [0.15, 0.2) is 29.8 Å². The lowest BCUT2D eigenvalue weighted by molar-refractivity contribution is -0.120. The number of ether oxygens (including phenoxy) is 1.